The maximum atomic E-state index is 4.21. The minimum atomic E-state index is 0.713. The molecule has 1 N–H and O–H groups in total. The van der Waals surface area contributed by atoms with E-state index in [1.54, 1.807) is 0 Å². The summed E-state index contributed by atoms with van der Waals surface area (Å²) in [7, 11) is 0. The minimum absolute atomic E-state index is 0.713. The molecule has 0 aromatic heterocycles. The predicted octanol–water partition coefficient (Wildman–Crippen LogP) is 0.0489. The molecule has 2 atom stereocenters. The Balaban J connectivity index is 2.17. The fourth-order valence-corrected chi connectivity index (χ4v) is 1.44. The Morgan fingerprint density at radius 1 is 1.62 bits per heavy atom. The van der Waals surface area contributed by atoms with Crippen molar-refractivity contribution in [2.45, 2.75) is 12.5 Å². The maximum absolute atomic E-state index is 4.21. The summed E-state index contributed by atoms with van der Waals surface area (Å²) in [6.45, 7) is 2.17. The standard InChI is InChI=1S/C6H10N2/c1-5-2-7-4-6(1)8-3-5/h2,5-6,8H,1,3-4H2. The highest BCUT2D eigenvalue weighted by Crippen LogP contribution is 2.15. The van der Waals surface area contributed by atoms with Crippen LogP contribution in [0.5, 0.6) is 0 Å². The van der Waals surface area contributed by atoms with Crippen molar-refractivity contribution in [3.05, 3.63) is 0 Å². The molecule has 2 bridgehead atoms. The SMILES string of the molecule is C1=NCC2CC1CN2. The first kappa shape index (κ1) is 4.50. The van der Waals surface area contributed by atoms with Gasteiger partial charge in [-0.05, 0) is 6.42 Å². The Bertz CT molecular complexity index is 120. The highest BCUT2D eigenvalue weighted by Gasteiger charge is 2.24. The van der Waals surface area contributed by atoms with E-state index >= 15 is 0 Å². The Kier molecular flexibility index (Phi) is 0.875. The lowest BCUT2D eigenvalue weighted by Crippen LogP contribution is -2.23. The fraction of sp³-hybridized carbons (Fsp3) is 0.833. The van der Waals surface area contributed by atoms with Crippen molar-refractivity contribution in [3.8, 4) is 0 Å². The van der Waals surface area contributed by atoms with Crippen LogP contribution in [0.4, 0.5) is 0 Å². The molecule has 0 spiro atoms. The minimum Gasteiger partial charge on any atom is -0.311 e. The predicted molar refractivity (Wildman–Crippen MR) is 33.3 cm³/mol. The van der Waals surface area contributed by atoms with Gasteiger partial charge in [0.15, 0.2) is 0 Å². The van der Waals surface area contributed by atoms with Crippen molar-refractivity contribution in [1.82, 2.24) is 5.32 Å². The molecular formula is C6H10N2. The van der Waals surface area contributed by atoms with Gasteiger partial charge in [0.05, 0.1) is 6.54 Å². The lowest BCUT2D eigenvalue weighted by atomic mass is 10.1. The van der Waals surface area contributed by atoms with Crippen molar-refractivity contribution in [2.24, 2.45) is 10.9 Å². The van der Waals surface area contributed by atoms with Crippen LogP contribution in [0.2, 0.25) is 0 Å². The van der Waals surface area contributed by atoms with Crippen molar-refractivity contribution >= 4 is 6.21 Å². The topological polar surface area (TPSA) is 24.4 Å². The molecule has 2 aliphatic heterocycles. The first-order valence-corrected chi connectivity index (χ1v) is 3.18. The zero-order valence-corrected chi connectivity index (χ0v) is 4.80. The number of hydrogen-bond donors (Lipinski definition) is 1. The monoisotopic (exact) mass is 110 g/mol. The number of aliphatic imine (C=N–C) groups is 1. The van der Waals surface area contributed by atoms with Gasteiger partial charge in [-0.3, -0.25) is 4.99 Å². The summed E-state index contributed by atoms with van der Waals surface area (Å²) in [4.78, 5) is 4.21. The van der Waals surface area contributed by atoms with E-state index in [1.807, 2.05) is 0 Å². The zero-order chi connectivity index (χ0) is 5.40. The van der Waals surface area contributed by atoms with E-state index in [-0.39, 0.29) is 0 Å². The molecule has 2 heterocycles. The molecule has 2 rings (SSSR count). The van der Waals surface area contributed by atoms with Crippen LogP contribution in [0.15, 0.2) is 4.99 Å². The van der Waals surface area contributed by atoms with Crippen LogP contribution in [-0.2, 0) is 0 Å². The Morgan fingerprint density at radius 2 is 2.62 bits per heavy atom. The van der Waals surface area contributed by atoms with E-state index in [9.17, 15) is 0 Å². The third-order valence-electron chi connectivity index (χ3n) is 1.90. The summed E-state index contributed by atoms with van der Waals surface area (Å²) in [6.07, 6.45) is 3.42. The normalized spacial score (nSPS) is 43.0. The lowest BCUT2D eigenvalue weighted by Gasteiger charge is -2.08. The first-order chi connectivity index (χ1) is 3.95. The number of fused-ring (bicyclic) bond motifs is 2. The molecule has 2 nitrogen and oxygen atoms in total. The van der Waals surface area contributed by atoms with Gasteiger partial charge in [-0.2, -0.15) is 0 Å². The second-order valence-corrected chi connectivity index (χ2v) is 2.62. The lowest BCUT2D eigenvalue weighted by molar-refractivity contribution is 0.600. The molecule has 8 heavy (non-hydrogen) atoms. The van der Waals surface area contributed by atoms with Gasteiger partial charge in [0.25, 0.3) is 0 Å². The molecule has 2 unspecified atom stereocenters. The van der Waals surface area contributed by atoms with Crippen LogP contribution in [0.3, 0.4) is 0 Å². The van der Waals surface area contributed by atoms with E-state index in [0.29, 0.717) is 6.04 Å². The molecule has 1 fully saturated rings. The van der Waals surface area contributed by atoms with Crippen LogP contribution >= 0.6 is 0 Å². The van der Waals surface area contributed by atoms with Crippen molar-refractivity contribution in [3.63, 3.8) is 0 Å². The van der Waals surface area contributed by atoms with Gasteiger partial charge in [0.2, 0.25) is 0 Å². The van der Waals surface area contributed by atoms with Gasteiger partial charge in [-0.1, -0.05) is 0 Å². The third-order valence-corrected chi connectivity index (χ3v) is 1.90. The first-order valence-electron chi connectivity index (χ1n) is 3.18. The molecule has 2 aliphatic rings. The second kappa shape index (κ2) is 1.55. The van der Waals surface area contributed by atoms with Crippen LogP contribution in [-0.4, -0.2) is 25.3 Å². The zero-order valence-electron chi connectivity index (χ0n) is 4.80. The number of nitrogens with zero attached hydrogens (tertiary/aromatic N) is 1. The highest BCUT2D eigenvalue weighted by atomic mass is 15.0. The summed E-state index contributed by atoms with van der Waals surface area (Å²) < 4.78 is 0. The van der Waals surface area contributed by atoms with E-state index in [2.05, 4.69) is 16.5 Å². The van der Waals surface area contributed by atoms with Crippen molar-refractivity contribution in [2.75, 3.05) is 13.1 Å². The summed E-state index contributed by atoms with van der Waals surface area (Å²) >= 11 is 0. The molecule has 0 aliphatic carbocycles. The molecule has 1 saturated heterocycles. The third kappa shape index (κ3) is 0.564. The quantitative estimate of drug-likeness (QED) is 0.468. The largest absolute Gasteiger partial charge is 0.311 e. The van der Waals surface area contributed by atoms with E-state index < -0.39 is 0 Å². The van der Waals surface area contributed by atoms with Crippen LogP contribution < -0.4 is 5.32 Å². The van der Waals surface area contributed by atoms with Crippen molar-refractivity contribution < 1.29 is 0 Å². The Morgan fingerprint density at radius 3 is 3.38 bits per heavy atom. The van der Waals surface area contributed by atoms with E-state index in [4.69, 9.17) is 0 Å². The van der Waals surface area contributed by atoms with E-state index in [0.717, 1.165) is 19.0 Å². The molecular weight excluding hydrogens is 100 g/mol. The molecule has 2 heteroatoms. The summed E-state index contributed by atoms with van der Waals surface area (Å²) in [5.41, 5.74) is 0. The Hall–Kier alpha value is -0.370. The molecule has 0 amide bonds. The Labute approximate surface area is 49.0 Å². The average Bonchev–Trinajstić information content (AvgIpc) is 2.12. The molecule has 0 radical (unpaired) electrons. The number of hydrogen-bond acceptors (Lipinski definition) is 2. The van der Waals surface area contributed by atoms with Crippen LogP contribution in [0.1, 0.15) is 6.42 Å². The number of rotatable bonds is 0. The van der Waals surface area contributed by atoms with Gasteiger partial charge in [-0.15, -0.1) is 0 Å². The van der Waals surface area contributed by atoms with Gasteiger partial charge in [0.1, 0.15) is 0 Å². The highest BCUT2D eigenvalue weighted by molar-refractivity contribution is 5.63. The van der Waals surface area contributed by atoms with Crippen LogP contribution in [0.25, 0.3) is 0 Å². The maximum Gasteiger partial charge on any atom is 0.0539 e. The molecule has 0 aromatic rings. The van der Waals surface area contributed by atoms with Gasteiger partial charge < -0.3 is 5.32 Å². The summed E-state index contributed by atoms with van der Waals surface area (Å²) in [5.74, 6) is 0.758. The smallest absolute Gasteiger partial charge is 0.0539 e. The average molecular weight is 110 g/mol. The van der Waals surface area contributed by atoms with Crippen LogP contribution in [0, 0.1) is 5.92 Å². The molecule has 0 saturated carbocycles. The molecule has 44 valence electrons. The number of nitrogens with one attached hydrogen (secondary N) is 1. The van der Waals surface area contributed by atoms with Gasteiger partial charge >= 0.3 is 0 Å². The van der Waals surface area contributed by atoms with Crippen molar-refractivity contribution in [1.29, 1.82) is 0 Å². The molecule has 0 aromatic carbocycles. The van der Waals surface area contributed by atoms with E-state index in [1.165, 1.54) is 6.42 Å². The summed E-state index contributed by atoms with van der Waals surface area (Å²) in [5, 5.41) is 3.39. The summed E-state index contributed by atoms with van der Waals surface area (Å²) in [6, 6.07) is 0.713. The van der Waals surface area contributed by atoms with Gasteiger partial charge in [0, 0.05) is 24.7 Å². The fourth-order valence-electron chi connectivity index (χ4n) is 1.44. The van der Waals surface area contributed by atoms with Gasteiger partial charge in [-0.25, -0.2) is 0 Å². The second-order valence-electron chi connectivity index (χ2n) is 2.62.